The molecule has 0 spiro atoms. The van der Waals surface area contributed by atoms with Crippen LogP contribution >= 0.6 is 11.8 Å². The predicted octanol–water partition coefficient (Wildman–Crippen LogP) is 1.60. The highest BCUT2D eigenvalue weighted by Crippen LogP contribution is 2.23. The number of ether oxygens (including phenoxy) is 1. The molecular formula is C12H25NO2S. The maximum atomic E-state index is 10.2. The number of hydrogen-bond donors (Lipinski definition) is 1. The van der Waals surface area contributed by atoms with Gasteiger partial charge >= 0.3 is 0 Å². The zero-order valence-electron chi connectivity index (χ0n) is 10.9. The summed E-state index contributed by atoms with van der Waals surface area (Å²) in [4.78, 5) is 2.28. The SMILES string of the molecule is COC(C)(C)CCC(O)C1CSCCN1C. The summed E-state index contributed by atoms with van der Waals surface area (Å²) >= 11 is 1.94. The van der Waals surface area contributed by atoms with Crippen molar-refractivity contribution >= 4 is 11.8 Å². The number of hydrogen-bond acceptors (Lipinski definition) is 4. The van der Waals surface area contributed by atoms with Crippen LogP contribution in [0.2, 0.25) is 0 Å². The standard InChI is InChI=1S/C12H25NO2S/c1-12(2,15-4)6-5-11(14)10-9-16-8-7-13(10)3/h10-11,14H,5-9H2,1-4H3. The van der Waals surface area contributed by atoms with Crippen molar-refractivity contribution in [3.63, 3.8) is 0 Å². The van der Waals surface area contributed by atoms with Gasteiger partial charge < -0.3 is 9.84 Å². The first-order valence-electron chi connectivity index (χ1n) is 5.97. The molecule has 96 valence electrons. The van der Waals surface area contributed by atoms with Gasteiger partial charge in [-0.2, -0.15) is 11.8 Å². The summed E-state index contributed by atoms with van der Waals surface area (Å²) in [7, 11) is 3.84. The van der Waals surface area contributed by atoms with E-state index in [1.165, 1.54) is 5.75 Å². The molecule has 0 amide bonds. The van der Waals surface area contributed by atoms with Crippen molar-refractivity contribution in [2.75, 3.05) is 32.2 Å². The first-order chi connectivity index (χ1) is 7.46. The Hall–Kier alpha value is 0.230. The van der Waals surface area contributed by atoms with E-state index in [1.54, 1.807) is 7.11 Å². The molecule has 0 bridgehead atoms. The third-order valence-corrected chi connectivity index (χ3v) is 4.53. The lowest BCUT2D eigenvalue weighted by molar-refractivity contribution is -0.00712. The third-order valence-electron chi connectivity index (χ3n) is 3.48. The lowest BCUT2D eigenvalue weighted by Gasteiger charge is -2.36. The first-order valence-corrected chi connectivity index (χ1v) is 7.13. The van der Waals surface area contributed by atoms with E-state index in [0.29, 0.717) is 6.04 Å². The van der Waals surface area contributed by atoms with Gasteiger partial charge in [-0.15, -0.1) is 0 Å². The Kier molecular flexibility index (Phi) is 5.57. The Morgan fingerprint density at radius 2 is 2.25 bits per heavy atom. The van der Waals surface area contributed by atoms with Crippen molar-refractivity contribution in [2.45, 2.75) is 44.4 Å². The molecule has 0 aromatic heterocycles. The van der Waals surface area contributed by atoms with Gasteiger partial charge in [0.15, 0.2) is 0 Å². The van der Waals surface area contributed by atoms with Crippen LogP contribution in [-0.2, 0) is 4.74 Å². The second kappa shape index (κ2) is 6.24. The van der Waals surface area contributed by atoms with Crippen LogP contribution in [0.15, 0.2) is 0 Å². The van der Waals surface area contributed by atoms with Crippen molar-refractivity contribution < 1.29 is 9.84 Å². The van der Waals surface area contributed by atoms with E-state index in [4.69, 9.17) is 4.74 Å². The highest BCUT2D eigenvalue weighted by atomic mass is 32.2. The van der Waals surface area contributed by atoms with Gasteiger partial charge in [0.05, 0.1) is 11.7 Å². The quantitative estimate of drug-likeness (QED) is 0.800. The molecule has 0 radical (unpaired) electrons. The smallest absolute Gasteiger partial charge is 0.0704 e. The van der Waals surface area contributed by atoms with Gasteiger partial charge in [0.2, 0.25) is 0 Å². The van der Waals surface area contributed by atoms with E-state index < -0.39 is 0 Å². The van der Waals surface area contributed by atoms with Crippen molar-refractivity contribution in [1.82, 2.24) is 4.90 Å². The van der Waals surface area contributed by atoms with E-state index in [1.807, 2.05) is 11.8 Å². The molecule has 1 N–H and O–H groups in total. The van der Waals surface area contributed by atoms with Crippen LogP contribution in [0.1, 0.15) is 26.7 Å². The van der Waals surface area contributed by atoms with Crippen LogP contribution in [0, 0.1) is 0 Å². The van der Waals surface area contributed by atoms with Gasteiger partial charge in [-0.3, -0.25) is 4.90 Å². The molecule has 0 aromatic rings. The fourth-order valence-corrected chi connectivity index (χ4v) is 3.20. The van der Waals surface area contributed by atoms with Crippen LogP contribution in [0.5, 0.6) is 0 Å². The first kappa shape index (κ1) is 14.3. The molecule has 1 rings (SSSR count). The Morgan fingerprint density at radius 3 is 2.81 bits per heavy atom. The molecule has 1 fully saturated rings. The van der Waals surface area contributed by atoms with Gasteiger partial charge in [0.1, 0.15) is 0 Å². The molecule has 1 heterocycles. The highest BCUT2D eigenvalue weighted by molar-refractivity contribution is 7.99. The van der Waals surface area contributed by atoms with Crippen molar-refractivity contribution in [1.29, 1.82) is 0 Å². The second-order valence-electron chi connectivity index (χ2n) is 5.19. The number of methoxy groups -OCH3 is 1. The minimum Gasteiger partial charge on any atom is -0.391 e. The second-order valence-corrected chi connectivity index (χ2v) is 6.34. The molecule has 1 aliphatic heterocycles. The van der Waals surface area contributed by atoms with Crippen LogP contribution in [-0.4, -0.2) is 60.0 Å². The number of thioether (sulfide) groups is 1. The maximum Gasteiger partial charge on any atom is 0.0704 e. The summed E-state index contributed by atoms with van der Waals surface area (Å²) < 4.78 is 5.37. The normalized spacial score (nSPS) is 25.7. The van der Waals surface area contributed by atoms with Gasteiger partial charge in [-0.05, 0) is 33.7 Å². The van der Waals surface area contributed by atoms with Gasteiger partial charge in [0, 0.05) is 31.2 Å². The topological polar surface area (TPSA) is 32.7 Å². The molecule has 1 aliphatic rings. The molecular weight excluding hydrogens is 222 g/mol. The minimum absolute atomic E-state index is 0.124. The Balaban J connectivity index is 2.36. The van der Waals surface area contributed by atoms with Gasteiger partial charge in [-0.25, -0.2) is 0 Å². The Bertz CT molecular complexity index is 211. The zero-order valence-corrected chi connectivity index (χ0v) is 11.7. The summed E-state index contributed by atoms with van der Waals surface area (Å²) in [5.74, 6) is 2.23. The zero-order chi connectivity index (χ0) is 12.2. The average Bonchev–Trinajstić information content (AvgIpc) is 2.27. The van der Waals surface area contributed by atoms with Crippen LogP contribution in [0.4, 0.5) is 0 Å². The van der Waals surface area contributed by atoms with E-state index in [2.05, 4.69) is 25.8 Å². The molecule has 1 saturated heterocycles. The number of aliphatic hydroxyl groups excluding tert-OH is 1. The van der Waals surface area contributed by atoms with Crippen LogP contribution in [0.3, 0.4) is 0 Å². The fraction of sp³-hybridized carbons (Fsp3) is 1.00. The van der Waals surface area contributed by atoms with E-state index >= 15 is 0 Å². The van der Waals surface area contributed by atoms with Crippen molar-refractivity contribution in [3.8, 4) is 0 Å². The predicted molar refractivity (Wildman–Crippen MR) is 70.1 cm³/mol. The van der Waals surface area contributed by atoms with Crippen LogP contribution < -0.4 is 0 Å². The summed E-state index contributed by atoms with van der Waals surface area (Å²) in [5, 5.41) is 10.2. The van der Waals surface area contributed by atoms with E-state index in [9.17, 15) is 5.11 Å². The Morgan fingerprint density at radius 1 is 1.56 bits per heavy atom. The maximum absolute atomic E-state index is 10.2. The molecule has 4 heteroatoms. The molecule has 0 saturated carbocycles. The lowest BCUT2D eigenvalue weighted by Crippen LogP contribution is -2.47. The number of likely N-dealkylation sites (N-methyl/N-ethyl adjacent to an activating group) is 1. The lowest BCUT2D eigenvalue weighted by atomic mass is 9.97. The monoisotopic (exact) mass is 247 g/mol. The molecule has 16 heavy (non-hydrogen) atoms. The average molecular weight is 247 g/mol. The summed E-state index contributed by atoms with van der Waals surface area (Å²) in [6.45, 7) is 5.22. The van der Waals surface area contributed by atoms with Crippen molar-refractivity contribution in [3.05, 3.63) is 0 Å². The largest absolute Gasteiger partial charge is 0.391 e. The highest BCUT2D eigenvalue weighted by Gasteiger charge is 2.28. The number of aliphatic hydroxyl groups is 1. The minimum atomic E-state index is -0.229. The fourth-order valence-electron chi connectivity index (χ4n) is 1.90. The summed E-state index contributed by atoms with van der Waals surface area (Å²) in [6.07, 6.45) is 1.49. The molecule has 3 nitrogen and oxygen atoms in total. The number of nitrogens with zero attached hydrogens (tertiary/aromatic N) is 1. The summed E-state index contributed by atoms with van der Waals surface area (Å²) in [5.41, 5.74) is -0.124. The third kappa shape index (κ3) is 4.24. The van der Waals surface area contributed by atoms with E-state index in [-0.39, 0.29) is 11.7 Å². The van der Waals surface area contributed by atoms with Crippen LogP contribution in [0.25, 0.3) is 0 Å². The number of rotatable bonds is 5. The molecule has 0 aromatic carbocycles. The van der Waals surface area contributed by atoms with Gasteiger partial charge in [0.25, 0.3) is 0 Å². The molecule has 2 unspecified atom stereocenters. The van der Waals surface area contributed by atoms with E-state index in [0.717, 1.165) is 25.1 Å². The molecule has 2 atom stereocenters. The molecule has 0 aliphatic carbocycles. The Labute approximate surface area is 104 Å². The summed E-state index contributed by atoms with van der Waals surface area (Å²) in [6, 6.07) is 0.311. The van der Waals surface area contributed by atoms with Crippen molar-refractivity contribution in [2.24, 2.45) is 0 Å². The van der Waals surface area contributed by atoms with Gasteiger partial charge in [-0.1, -0.05) is 0 Å².